The zero-order valence-electron chi connectivity index (χ0n) is 35.5. The van der Waals surface area contributed by atoms with Crippen LogP contribution in [0.4, 0.5) is 9.59 Å². The fraction of sp³-hybridized carbons (Fsp3) is 0.435. The normalized spacial score (nSPS) is 19.5. The molecule has 61 heavy (non-hydrogen) atoms. The molecule has 1 saturated carbocycles. The van der Waals surface area contributed by atoms with Gasteiger partial charge in [0.2, 0.25) is 11.8 Å². The predicted octanol–water partition coefficient (Wildman–Crippen LogP) is 7.14. The molecule has 0 radical (unpaired) electrons. The van der Waals surface area contributed by atoms with Crippen LogP contribution in [0.2, 0.25) is 0 Å². The summed E-state index contributed by atoms with van der Waals surface area (Å²) in [5.74, 6) is 0.984. The van der Waals surface area contributed by atoms with Crippen LogP contribution >= 0.6 is 0 Å². The molecule has 3 fully saturated rings. The van der Waals surface area contributed by atoms with Crippen molar-refractivity contribution in [2.24, 2.45) is 11.3 Å². The molecular weight excluding hydrogens is 777 g/mol. The highest BCUT2D eigenvalue weighted by Gasteiger charge is 2.55. The molecule has 1 aliphatic carbocycles. The molecule has 15 heteroatoms. The van der Waals surface area contributed by atoms with Gasteiger partial charge in [0.15, 0.2) is 0 Å². The molecule has 4 N–H and O–H groups in total. The number of H-pyrrole nitrogens is 2. The number of amides is 4. The van der Waals surface area contributed by atoms with Gasteiger partial charge in [-0.1, -0.05) is 62.4 Å². The van der Waals surface area contributed by atoms with E-state index in [2.05, 4.69) is 86.2 Å². The fourth-order valence-electron chi connectivity index (χ4n) is 8.89. The van der Waals surface area contributed by atoms with Gasteiger partial charge in [-0.15, -0.1) is 0 Å². The maximum Gasteiger partial charge on any atom is 0.407 e. The van der Waals surface area contributed by atoms with Crippen LogP contribution in [0.1, 0.15) is 76.6 Å². The molecule has 3 aliphatic rings. The summed E-state index contributed by atoms with van der Waals surface area (Å²) in [4.78, 5) is 71.8. The van der Waals surface area contributed by atoms with E-state index >= 15 is 0 Å². The third kappa shape index (κ3) is 8.43. The van der Waals surface area contributed by atoms with Crippen LogP contribution in [0, 0.1) is 11.3 Å². The topological polar surface area (TPSA) is 184 Å². The number of nitrogens with one attached hydrogen (secondary N) is 4. The average molecular weight is 831 g/mol. The molecule has 2 unspecified atom stereocenters. The van der Waals surface area contributed by atoms with E-state index in [4.69, 9.17) is 19.2 Å². The van der Waals surface area contributed by atoms with Crippen molar-refractivity contribution in [2.75, 3.05) is 34.4 Å². The molecule has 1 spiro atoms. The summed E-state index contributed by atoms with van der Waals surface area (Å²) in [6.45, 7) is 6.78. The van der Waals surface area contributed by atoms with Crippen LogP contribution in [-0.4, -0.2) is 106 Å². The molecule has 5 atom stereocenters. The number of aromatic nitrogens is 4. The second kappa shape index (κ2) is 17.0. The number of alkyl carbamates (subject to hydrolysis) is 2. The lowest BCUT2D eigenvalue weighted by atomic mass is 9.98. The summed E-state index contributed by atoms with van der Waals surface area (Å²) in [5.41, 5.74) is 5.97. The maximum absolute atomic E-state index is 13.9. The Morgan fingerprint density at radius 3 is 1.85 bits per heavy atom. The number of nitrogens with zero attached hydrogens (tertiary/aromatic N) is 4. The minimum absolute atomic E-state index is 0.108. The maximum atomic E-state index is 13.9. The number of fused-ring (bicyclic) bond motifs is 1. The molecule has 8 rings (SSSR count). The number of carbonyl (C=O) groups excluding carboxylic acids is 4. The molecule has 320 valence electrons. The number of hydrogen-bond donors (Lipinski definition) is 4. The van der Waals surface area contributed by atoms with Gasteiger partial charge in [0.25, 0.3) is 0 Å². The predicted molar refractivity (Wildman–Crippen MR) is 229 cm³/mol. The highest BCUT2D eigenvalue weighted by molar-refractivity contribution is 5.91. The Kier molecular flexibility index (Phi) is 11.6. The number of imidazole rings is 2. The highest BCUT2D eigenvalue weighted by atomic mass is 16.5. The van der Waals surface area contributed by atoms with Crippen molar-refractivity contribution in [3.8, 4) is 33.6 Å². The monoisotopic (exact) mass is 830 g/mol. The lowest BCUT2D eigenvalue weighted by Crippen LogP contribution is -2.54. The van der Waals surface area contributed by atoms with Gasteiger partial charge in [0.1, 0.15) is 23.7 Å². The van der Waals surface area contributed by atoms with Gasteiger partial charge in [-0.05, 0) is 90.0 Å². The Balaban J connectivity index is 0.951. The van der Waals surface area contributed by atoms with Gasteiger partial charge in [-0.25, -0.2) is 19.6 Å². The number of methoxy groups -OCH3 is 3. The van der Waals surface area contributed by atoms with Crippen LogP contribution in [0.15, 0.2) is 73.1 Å². The molecule has 0 bridgehead atoms. The molecule has 2 aliphatic heterocycles. The van der Waals surface area contributed by atoms with Crippen LogP contribution in [-0.2, 0) is 23.8 Å². The standard InChI is InChI=1S/C46H54N8O7/c1-26(2)38(51-44(57)60-5)42(55)54-25-46(17-18-46)22-37(54)41-48-24-35(50-41)33-16-15-31-20-30(13-14-32(31)21-33)28-9-11-29(12-10-28)34-23-47-40(49-34)36-8-7-19-53(36)43(56)39(27(3)59-4)52-45(58)61-6/h9-16,20-21,23-24,26-27,36-39H,7-8,17-19,22,25H2,1-6H3,(H,47,49)(H,48,50)(H,51,57)(H,52,58)/t27?,36-,37-,38?,39-/m0/s1. The zero-order valence-corrected chi connectivity index (χ0v) is 35.5. The van der Waals surface area contributed by atoms with E-state index in [9.17, 15) is 19.2 Å². The van der Waals surface area contributed by atoms with Crippen LogP contribution in [0.25, 0.3) is 44.4 Å². The lowest BCUT2D eigenvalue weighted by Gasteiger charge is -2.30. The van der Waals surface area contributed by atoms with Gasteiger partial charge in [-0.3, -0.25) is 9.59 Å². The Labute approximate surface area is 354 Å². The number of benzene rings is 3. The first-order valence-electron chi connectivity index (χ1n) is 21.0. The summed E-state index contributed by atoms with van der Waals surface area (Å²) < 4.78 is 15.0. The van der Waals surface area contributed by atoms with Crippen molar-refractivity contribution in [1.82, 2.24) is 40.4 Å². The second-order valence-electron chi connectivity index (χ2n) is 17.0. The van der Waals surface area contributed by atoms with Crippen molar-refractivity contribution in [2.45, 2.75) is 83.1 Å². The molecule has 4 amide bonds. The van der Waals surface area contributed by atoms with E-state index in [0.29, 0.717) is 18.9 Å². The Morgan fingerprint density at radius 2 is 1.25 bits per heavy atom. The van der Waals surface area contributed by atoms with Gasteiger partial charge < -0.3 is 44.6 Å². The van der Waals surface area contributed by atoms with E-state index < -0.39 is 30.4 Å². The smallest absolute Gasteiger partial charge is 0.407 e. The average Bonchev–Trinajstić information content (AvgIpc) is 3.81. The minimum Gasteiger partial charge on any atom is -0.453 e. The summed E-state index contributed by atoms with van der Waals surface area (Å²) in [6.07, 6.45) is 6.35. The minimum atomic E-state index is -0.895. The summed E-state index contributed by atoms with van der Waals surface area (Å²) in [5, 5.41) is 7.57. The first-order chi connectivity index (χ1) is 29.4. The van der Waals surface area contributed by atoms with Crippen molar-refractivity contribution in [1.29, 1.82) is 0 Å². The van der Waals surface area contributed by atoms with Gasteiger partial charge in [0.05, 0.1) is 56.2 Å². The first-order valence-corrected chi connectivity index (χ1v) is 21.0. The third-order valence-corrected chi connectivity index (χ3v) is 12.7. The van der Waals surface area contributed by atoms with E-state index in [0.717, 1.165) is 82.3 Å². The number of hydrogen-bond acceptors (Lipinski definition) is 9. The molecule has 2 saturated heterocycles. The zero-order chi connectivity index (χ0) is 43.0. The largest absolute Gasteiger partial charge is 0.453 e. The highest BCUT2D eigenvalue weighted by Crippen LogP contribution is 2.58. The quantitative estimate of drug-likeness (QED) is 0.102. The van der Waals surface area contributed by atoms with Crippen molar-refractivity contribution in [3.63, 3.8) is 0 Å². The Bertz CT molecular complexity index is 2420. The lowest BCUT2D eigenvalue weighted by molar-refractivity contribution is -0.137. The number of likely N-dealkylation sites (tertiary alicyclic amines) is 2. The molecule has 15 nitrogen and oxygen atoms in total. The number of rotatable bonds is 12. The number of ether oxygens (including phenoxy) is 3. The van der Waals surface area contributed by atoms with E-state index in [1.807, 2.05) is 24.9 Å². The molecule has 2 aromatic heterocycles. The fourth-order valence-corrected chi connectivity index (χ4v) is 8.89. The van der Waals surface area contributed by atoms with E-state index in [1.54, 1.807) is 18.0 Å². The van der Waals surface area contributed by atoms with Gasteiger partial charge in [-0.2, -0.15) is 0 Å². The van der Waals surface area contributed by atoms with Crippen LogP contribution in [0.3, 0.4) is 0 Å². The van der Waals surface area contributed by atoms with Crippen LogP contribution in [0.5, 0.6) is 0 Å². The SMILES string of the molecule is COC(=O)NC(C(=O)N1CC2(CC2)C[C@H]1c1ncc(-c2ccc3cc(-c4ccc(-c5cnc([C@@H]6CCCN6C(=O)[C@@H](NC(=O)OC)C(C)OC)[nH]5)cc4)ccc3c2)[nH]1)C(C)C. The summed E-state index contributed by atoms with van der Waals surface area (Å²) in [7, 11) is 4.07. The van der Waals surface area contributed by atoms with Crippen molar-refractivity contribution in [3.05, 3.63) is 84.7 Å². The molecular formula is C46H54N8O7. The van der Waals surface area contributed by atoms with E-state index in [-0.39, 0.29) is 35.2 Å². The van der Waals surface area contributed by atoms with Gasteiger partial charge >= 0.3 is 12.2 Å². The third-order valence-electron chi connectivity index (χ3n) is 12.7. The van der Waals surface area contributed by atoms with Crippen LogP contribution < -0.4 is 10.6 Å². The molecule has 3 aromatic carbocycles. The van der Waals surface area contributed by atoms with Gasteiger partial charge in [0, 0.05) is 25.8 Å². The second-order valence-corrected chi connectivity index (χ2v) is 17.0. The first kappa shape index (κ1) is 41.5. The van der Waals surface area contributed by atoms with E-state index in [1.165, 1.54) is 21.3 Å². The molecule has 4 heterocycles. The Hall–Kier alpha value is -6.22. The summed E-state index contributed by atoms with van der Waals surface area (Å²) in [6, 6.07) is 19.0. The van der Waals surface area contributed by atoms with Crippen molar-refractivity contribution >= 4 is 34.8 Å². The number of aromatic amines is 2. The number of carbonyl (C=O) groups is 4. The molecule has 5 aromatic rings. The summed E-state index contributed by atoms with van der Waals surface area (Å²) >= 11 is 0. The van der Waals surface area contributed by atoms with Crippen molar-refractivity contribution < 1.29 is 33.4 Å². The Morgan fingerprint density at radius 1 is 0.705 bits per heavy atom.